The fourth-order valence-corrected chi connectivity index (χ4v) is 3.05. The van der Waals surface area contributed by atoms with E-state index >= 15 is 0 Å². The third-order valence-corrected chi connectivity index (χ3v) is 4.61. The van der Waals surface area contributed by atoms with Crippen molar-refractivity contribution in [2.24, 2.45) is 11.8 Å². The molecule has 16 heavy (non-hydrogen) atoms. The van der Waals surface area contributed by atoms with Gasteiger partial charge in [-0.15, -0.1) is 0 Å². The minimum Gasteiger partial charge on any atom is -0.381 e. The molecule has 2 heteroatoms. The van der Waals surface area contributed by atoms with Gasteiger partial charge >= 0.3 is 0 Å². The molecule has 0 heterocycles. The van der Waals surface area contributed by atoms with E-state index in [2.05, 4.69) is 66.0 Å². The van der Waals surface area contributed by atoms with Crippen molar-refractivity contribution in [1.29, 1.82) is 0 Å². The number of hydrogen-bond acceptors (Lipinski definition) is 1. The van der Waals surface area contributed by atoms with Crippen LogP contribution in [0.5, 0.6) is 0 Å². The van der Waals surface area contributed by atoms with Crippen molar-refractivity contribution in [3.63, 3.8) is 0 Å². The largest absolute Gasteiger partial charge is 0.381 e. The second-order valence-corrected chi connectivity index (χ2v) is 6.29. The molecule has 0 amide bonds. The van der Waals surface area contributed by atoms with Gasteiger partial charge in [0.15, 0.2) is 0 Å². The van der Waals surface area contributed by atoms with Crippen LogP contribution in [0.3, 0.4) is 0 Å². The fourth-order valence-electron chi connectivity index (χ4n) is 2.51. The summed E-state index contributed by atoms with van der Waals surface area (Å²) in [4.78, 5) is 0. The summed E-state index contributed by atoms with van der Waals surface area (Å²) in [5, 5.41) is 3.72. The first-order valence-corrected chi connectivity index (χ1v) is 7.25. The standard InChI is InChI=1S/C14H20IN/c1-10-7-8-11(2)14(9-10)16-13-6-4-3-5-12(13)15/h3-6,10-11,14,16H,7-9H2,1-2H3. The molecule has 0 bridgehead atoms. The maximum atomic E-state index is 3.72. The highest BCUT2D eigenvalue weighted by Gasteiger charge is 2.25. The predicted molar refractivity (Wildman–Crippen MR) is 78.7 cm³/mol. The fraction of sp³-hybridized carbons (Fsp3) is 0.571. The summed E-state index contributed by atoms with van der Waals surface area (Å²) < 4.78 is 1.32. The van der Waals surface area contributed by atoms with Crippen molar-refractivity contribution >= 4 is 28.3 Å². The van der Waals surface area contributed by atoms with Gasteiger partial charge in [-0.05, 0) is 59.4 Å². The molecular weight excluding hydrogens is 309 g/mol. The van der Waals surface area contributed by atoms with Crippen LogP contribution in [0.2, 0.25) is 0 Å². The maximum Gasteiger partial charge on any atom is 0.0478 e. The maximum absolute atomic E-state index is 3.72. The second kappa shape index (κ2) is 5.39. The van der Waals surface area contributed by atoms with Crippen molar-refractivity contribution in [2.45, 2.75) is 39.2 Å². The van der Waals surface area contributed by atoms with Gasteiger partial charge < -0.3 is 5.32 Å². The average molecular weight is 329 g/mol. The Labute approximate surface area is 112 Å². The molecule has 1 aliphatic carbocycles. The Hall–Kier alpha value is -0.250. The molecule has 1 fully saturated rings. The summed E-state index contributed by atoms with van der Waals surface area (Å²) in [5.74, 6) is 1.67. The van der Waals surface area contributed by atoms with Crippen molar-refractivity contribution < 1.29 is 0 Å². The van der Waals surface area contributed by atoms with Gasteiger partial charge in [-0.25, -0.2) is 0 Å². The van der Waals surface area contributed by atoms with Crippen molar-refractivity contribution in [3.8, 4) is 0 Å². The zero-order valence-corrected chi connectivity index (χ0v) is 12.2. The van der Waals surface area contributed by atoms with E-state index in [4.69, 9.17) is 0 Å². The van der Waals surface area contributed by atoms with Gasteiger partial charge in [0.05, 0.1) is 0 Å². The number of nitrogens with one attached hydrogen (secondary N) is 1. The minimum atomic E-state index is 0.652. The molecule has 1 nitrogen and oxygen atoms in total. The Bertz CT molecular complexity index is 350. The molecule has 0 spiro atoms. The summed E-state index contributed by atoms with van der Waals surface area (Å²) in [7, 11) is 0. The number of hydrogen-bond donors (Lipinski definition) is 1. The third-order valence-electron chi connectivity index (χ3n) is 3.67. The molecule has 1 aliphatic rings. The van der Waals surface area contributed by atoms with Crippen molar-refractivity contribution in [1.82, 2.24) is 0 Å². The molecule has 1 aromatic rings. The van der Waals surface area contributed by atoms with E-state index in [9.17, 15) is 0 Å². The van der Waals surface area contributed by atoms with Crippen LogP contribution < -0.4 is 5.32 Å². The molecule has 0 radical (unpaired) electrons. The van der Waals surface area contributed by atoms with Gasteiger partial charge in [-0.2, -0.15) is 0 Å². The van der Waals surface area contributed by atoms with Gasteiger partial charge in [-0.1, -0.05) is 32.4 Å². The Balaban J connectivity index is 2.06. The quantitative estimate of drug-likeness (QED) is 0.786. The average Bonchev–Trinajstić information content (AvgIpc) is 2.27. The highest BCUT2D eigenvalue weighted by molar-refractivity contribution is 14.1. The van der Waals surface area contributed by atoms with Crippen LogP contribution >= 0.6 is 22.6 Å². The van der Waals surface area contributed by atoms with Crippen LogP contribution in [-0.2, 0) is 0 Å². The van der Waals surface area contributed by atoms with E-state index in [0.717, 1.165) is 11.8 Å². The lowest BCUT2D eigenvalue weighted by atomic mass is 9.80. The molecular formula is C14H20IN. The Morgan fingerprint density at radius 1 is 1.19 bits per heavy atom. The van der Waals surface area contributed by atoms with Crippen LogP contribution in [0.25, 0.3) is 0 Å². The Morgan fingerprint density at radius 3 is 2.69 bits per heavy atom. The lowest BCUT2D eigenvalue weighted by Crippen LogP contribution is -2.33. The number of benzene rings is 1. The van der Waals surface area contributed by atoms with Crippen LogP contribution in [0, 0.1) is 15.4 Å². The first-order chi connectivity index (χ1) is 7.66. The third kappa shape index (κ3) is 2.90. The van der Waals surface area contributed by atoms with E-state index in [1.54, 1.807) is 0 Å². The number of rotatable bonds is 2. The SMILES string of the molecule is CC1CCC(C)C(Nc2ccccc2I)C1. The molecule has 3 unspecified atom stereocenters. The molecule has 0 saturated heterocycles. The van der Waals surface area contributed by atoms with Crippen molar-refractivity contribution in [3.05, 3.63) is 27.8 Å². The van der Waals surface area contributed by atoms with Crippen LogP contribution in [-0.4, -0.2) is 6.04 Å². The molecule has 0 aromatic heterocycles. The molecule has 1 saturated carbocycles. The van der Waals surface area contributed by atoms with Crippen LogP contribution in [0.4, 0.5) is 5.69 Å². The zero-order chi connectivity index (χ0) is 11.5. The normalized spacial score (nSPS) is 30.1. The molecule has 2 rings (SSSR count). The molecule has 1 N–H and O–H groups in total. The summed E-state index contributed by atoms with van der Waals surface area (Å²) >= 11 is 2.41. The van der Waals surface area contributed by atoms with E-state index in [1.165, 1.54) is 28.5 Å². The smallest absolute Gasteiger partial charge is 0.0478 e. The van der Waals surface area contributed by atoms with E-state index < -0.39 is 0 Å². The number of para-hydroxylation sites is 1. The molecule has 3 atom stereocenters. The van der Waals surface area contributed by atoms with Gasteiger partial charge in [0.1, 0.15) is 0 Å². The van der Waals surface area contributed by atoms with E-state index in [0.29, 0.717) is 6.04 Å². The summed E-state index contributed by atoms with van der Waals surface area (Å²) in [6, 6.07) is 9.22. The molecule has 1 aromatic carbocycles. The van der Waals surface area contributed by atoms with Gasteiger partial charge in [0.25, 0.3) is 0 Å². The molecule has 88 valence electrons. The minimum absolute atomic E-state index is 0.652. The van der Waals surface area contributed by atoms with Crippen LogP contribution in [0.1, 0.15) is 33.1 Å². The van der Waals surface area contributed by atoms with Gasteiger partial charge in [0.2, 0.25) is 0 Å². The molecule has 0 aliphatic heterocycles. The van der Waals surface area contributed by atoms with Gasteiger partial charge in [0, 0.05) is 15.3 Å². The lowest BCUT2D eigenvalue weighted by Gasteiger charge is -2.34. The number of anilines is 1. The first-order valence-electron chi connectivity index (χ1n) is 6.18. The summed E-state index contributed by atoms with van der Waals surface area (Å²) in [6.45, 7) is 4.75. The van der Waals surface area contributed by atoms with E-state index in [-0.39, 0.29) is 0 Å². The number of halogens is 1. The Morgan fingerprint density at radius 2 is 1.94 bits per heavy atom. The predicted octanol–water partition coefficient (Wildman–Crippen LogP) is 4.53. The van der Waals surface area contributed by atoms with Gasteiger partial charge in [-0.3, -0.25) is 0 Å². The summed E-state index contributed by atoms with van der Waals surface area (Å²) in [5.41, 5.74) is 1.30. The van der Waals surface area contributed by atoms with E-state index in [1.807, 2.05) is 0 Å². The highest BCUT2D eigenvalue weighted by atomic mass is 127. The Kier molecular flexibility index (Phi) is 4.11. The monoisotopic (exact) mass is 329 g/mol. The summed E-state index contributed by atoms with van der Waals surface area (Å²) in [6.07, 6.45) is 4.07. The van der Waals surface area contributed by atoms with Crippen molar-refractivity contribution in [2.75, 3.05) is 5.32 Å². The lowest BCUT2D eigenvalue weighted by molar-refractivity contribution is 0.280. The first kappa shape index (κ1) is 12.2. The van der Waals surface area contributed by atoms with Crippen LogP contribution in [0.15, 0.2) is 24.3 Å². The topological polar surface area (TPSA) is 12.0 Å². The highest BCUT2D eigenvalue weighted by Crippen LogP contribution is 2.31. The second-order valence-electron chi connectivity index (χ2n) is 5.13. The zero-order valence-electron chi connectivity index (χ0n) is 10.0.